The number of rotatable bonds is 5. The number of amides is 1. The number of aryl methyl sites for hydroxylation is 1. The van der Waals surface area contributed by atoms with Gasteiger partial charge in [0.1, 0.15) is 29.5 Å². The number of nitrogen functional groups attached to an aromatic ring is 1. The van der Waals surface area contributed by atoms with Crippen molar-refractivity contribution in [3.05, 3.63) is 41.0 Å². The molecule has 0 saturated carbocycles. The Balaban J connectivity index is 0.000000338. The van der Waals surface area contributed by atoms with Crippen LogP contribution in [-0.2, 0) is 11.8 Å². The van der Waals surface area contributed by atoms with Gasteiger partial charge in [-0.25, -0.2) is 9.97 Å². The monoisotopic (exact) mass is 483 g/mol. The highest BCUT2D eigenvalue weighted by Gasteiger charge is 2.22. The maximum Gasteiger partial charge on any atom is 0.210 e. The van der Waals surface area contributed by atoms with Crippen LogP contribution in [0.3, 0.4) is 0 Å². The van der Waals surface area contributed by atoms with Crippen LogP contribution in [0.5, 0.6) is 0 Å². The molecule has 0 spiro atoms. The number of likely N-dealkylation sites (tertiary alicyclic amines) is 1. The first-order valence-electron chi connectivity index (χ1n) is 12.2. The SMILES string of the molecule is C#C/C(=C/C(C)=C/c1c(C2=CCCCC2)c2c(N)ncnc2n1C)N=CC.N#CC1CCCN1C=O. The molecule has 0 aromatic carbocycles. The molecular weight excluding hydrogens is 450 g/mol. The first kappa shape index (κ1) is 26.4. The molecule has 1 unspecified atom stereocenters. The smallest absolute Gasteiger partial charge is 0.210 e. The Morgan fingerprint density at radius 3 is 2.75 bits per heavy atom. The van der Waals surface area contributed by atoms with Crippen molar-refractivity contribution in [2.24, 2.45) is 12.0 Å². The third kappa shape index (κ3) is 5.90. The molecule has 1 amide bonds. The number of allylic oxidation sites excluding steroid dienone is 5. The quantitative estimate of drug-likeness (QED) is 0.288. The number of terminal acetylenes is 1. The fraction of sp³-hybridized carbons (Fsp3) is 0.393. The largest absolute Gasteiger partial charge is 0.383 e. The van der Waals surface area contributed by atoms with Gasteiger partial charge < -0.3 is 15.2 Å². The molecule has 1 saturated heterocycles. The maximum absolute atomic E-state index is 10.2. The van der Waals surface area contributed by atoms with Crippen molar-refractivity contribution in [2.75, 3.05) is 12.3 Å². The Hall–Kier alpha value is -4.17. The van der Waals surface area contributed by atoms with Crippen molar-refractivity contribution in [2.45, 2.75) is 58.4 Å². The van der Waals surface area contributed by atoms with Crippen LogP contribution in [0.1, 0.15) is 63.6 Å². The molecule has 186 valence electrons. The summed E-state index contributed by atoms with van der Waals surface area (Å²) in [6, 6.07) is 1.91. The van der Waals surface area contributed by atoms with E-state index >= 15 is 0 Å². The lowest BCUT2D eigenvalue weighted by molar-refractivity contribution is -0.118. The van der Waals surface area contributed by atoms with Crippen LogP contribution >= 0.6 is 0 Å². The predicted octanol–water partition coefficient (Wildman–Crippen LogP) is 4.65. The summed E-state index contributed by atoms with van der Waals surface area (Å²) in [4.78, 5) is 24.6. The summed E-state index contributed by atoms with van der Waals surface area (Å²) >= 11 is 0. The van der Waals surface area contributed by atoms with Gasteiger partial charge in [0.15, 0.2) is 0 Å². The van der Waals surface area contributed by atoms with E-state index in [4.69, 9.17) is 17.4 Å². The van der Waals surface area contributed by atoms with Gasteiger partial charge in [0.05, 0.1) is 17.1 Å². The van der Waals surface area contributed by atoms with Crippen LogP contribution in [0.25, 0.3) is 22.7 Å². The zero-order chi connectivity index (χ0) is 26.1. The van der Waals surface area contributed by atoms with E-state index < -0.39 is 0 Å². The molecule has 0 bridgehead atoms. The fourth-order valence-electron chi connectivity index (χ4n) is 4.63. The number of aliphatic imine (C=N–C) groups is 1. The summed E-state index contributed by atoms with van der Waals surface area (Å²) < 4.78 is 2.08. The maximum atomic E-state index is 10.2. The number of carbonyl (C=O) groups excluding carboxylic acids is 1. The summed E-state index contributed by atoms with van der Waals surface area (Å²) in [6.45, 7) is 4.62. The van der Waals surface area contributed by atoms with Gasteiger partial charge in [0.25, 0.3) is 0 Å². The Kier molecular flexibility index (Phi) is 9.19. The molecule has 8 nitrogen and oxygen atoms in total. The average Bonchev–Trinajstić information content (AvgIpc) is 3.48. The molecule has 36 heavy (non-hydrogen) atoms. The minimum absolute atomic E-state index is 0.150. The highest BCUT2D eigenvalue weighted by atomic mass is 16.1. The second-order valence-corrected chi connectivity index (χ2v) is 8.83. The topological polar surface area (TPSA) is 113 Å². The van der Waals surface area contributed by atoms with Crippen LogP contribution in [0.2, 0.25) is 0 Å². The highest BCUT2D eigenvalue weighted by molar-refractivity contribution is 6.01. The predicted molar refractivity (Wildman–Crippen MR) is 146 cm³/mol. The lowest BCUT2D eigenvalue weighted by atomic mass is 9.91. The molecule has 3 heterocycles. The summed E-state index contributed by atoms with van der Waals surface area (Å²) in [5, 5.41) is 9.35. The first-order chi connectivity index (χ1) is 17.4. The standard InChI is InChI=1S/C22H25N5.C6H8N2O/c1-5-17(24-6-2)12-15(3)13-18-19(16-10-8-7-9-11-16)20-21(23)25-14-26-22(20)27(18)4;7-4-6-2-1-3-8(6)5-9/h1,6,10,12-14H,7-9,11H2,2-4H3,(H2,23,25,26);5-6H,1-3H2/b15-13+,17-12-,24-6?;. The molecule has 1 atom stereocenters. The Labute approximate surface area is 212 Å². The van der Waals surface area contributed by atoms with E-state index in [1.54, 1.807) is 11.1 Å². The second-order valence-electron chi connectivity index (χ2n) is 8.83. The molecule has 0 radical (unpaired) electrons. The van der Waals surface area contributed by atoms with E-state index in [0.717, 1.165) is 66.5 Å². The van der Waals surface area contributed by atoms with Crippen molar-refractivity contribution in [3.63, 3.8) is 0 Å². The van der Waals surface area contributed by atoms with Gasteiger partial charge in [-0.1, -0.05) is 12.0 Å². The Morgan fingerprint density at radius 2 is 2.14 bits per heavy atom. The van der Waals surface area contributed by atoms with Crippen molar-refractivity contribution in [1.82, 2.24) is 19.4 Å². The van der Waals surface area contributed by atoms with E-state index in [0.29, 0.717) is 11.5 Å². The zero-order valence-electron chi connectivity index (χ0n) is 21.2. The van der Waals surface area contributed by atoms with Crippen LogP contribution in [0, 0.1) is 23.7 Å². The van der Waals surface area contributed by atoms with Gasteiger partial charge in [-0.3, -0.25) is 9.79 Å². The molecule has 1 aliphatic carbocycles. The fourth-order valence-corrected chi connectivity index (χ4v) is 4.63. The number of nitrogens with two attached hydrogens (primary N) is 1. The molecule has 1 fully saturated rings. The minimum Gasteiger partial charge on any atom is -0.383 e. The normalized spacial score (nSPS) is 18.4. The van der Waals surface area contributed by atoms with Crippen LogP contribution < -0.4 is 5.73 Å². The number of aromatic nitrogens is 3. The van der Waals surface area contributed by atoms with Gasteiger partial charge >= 0.3 is 0 Å². The zero-order valence-corrected chi connectivity index (χ0v) is 21.2. The van der Waals surface area contributed by atoms with Gasteiger partial charge in [0, 0.05) is 25.4 Å². The van der Waals surface area contributed by atoms with Gasteiger partial charge in [-0.15, -0.1) is 6.42 Å². The third-order valence-corrected chi connectivity index (χ3v) is 6.38. The second kappa shape index (κ2) is 12.5. The number of nitriles is 1. The summed E-state index contributed by atoms with van der Waals surface area (Å²) in [6.07, 6.45) is 22.2. The van der Waals surface area contributed by atoms with Gasteiger partial charge in [0.2, 0.25) is 6.41 Å². The average molecular weight is 484 g/mol. The van der Waals surface area contributed by atoms with Crippen molar-refractivity contribution in [1.29, 1.82) is 5.26 Å². The van der Waals surface area contributed by atoms with E-state index in [1.807, 2.05) is 27.0 Å². The molecule has 4 rings (SSSR count). The first-order valence-corrected chi connectivity index (χ1v) is 12.2. The minimum atomic E-state index is -0.150. The molecule has 1 aliphatic heterocycles. The van der Waals surface area contributed by atoms with E-state index in [1.165, 1.54) is 24.7 Å². The molecule has 2 aliphatic rings. The molecule has 2 aromatic heterocycles. The lowest BCUT2D eigenvalue weighted by Gasteiger charge is -2.14. The Morgan fingerprint density at radius 1 is 1.33 bits per heavy atom. The molecule has 2 N–H and O–H groups in total. The van der Waals surface area contributed by atoms with Crippen LogP contribution in [0.4, 0.5) is 5.82 Å². The lowest BCUT2D eigenvalue weighted by Crippen LogP contribution is -2.25. The summed E-state index contributed by atoms with van der Waals surface area (Å²) in [7, 11) is 2.01. The van der Waals surface area contributed by atoms with Gasteiger partial charge in [-0.05, 0) is 75.7 Å². The molecule has 2 aromatic rings. The summed E-state index contributed by atoms with van der Waals surface area (Å²) in [5.74, 6) is 3.13. The van der Waals surface area contributed by atoms with Crippen molar-refractivity contribution in [3.8, 4) is 18.4 Å². The Bertz CT molecular complexity index is 1310. The summed E-state index contributed by atoms with van der Waals surface area (Å²) in [5.41, 5.74) is 12.2. The number of hydrogen-bond acceptors (Lipinski definition) is 6. The number of carbonyl (C=O) groups is 1. The number of fused-ring (bicyclic) bond motifs is 1. The van der Waals surface area contributed by atoms with Crippen molar-refractivity contribution < 1.29 is 4.79 Å². The molecule has 8 heteroatoms. The third-order valence-electron chi connectivity index (χ3n) is 6.38. The van der Waals surface area contributed by atoms with Crippen LogP contribution in [-0.4, -0.2) is 44.6 Å². The molecular formula is C28H33N7O. The number of anilines is 1. The number of hydrogen-bond donors (Lipinski definition) is 1. The number of nitrogens with zero attached hydrogens (tertiary/aromatic N) is 6. The van der Waals surface area contributed by atoms with E-state index in [2.05, 4.69) is 43.7 Å². The van der Waals surface area contributed by atoms with E-state index in [9.17, 15) is 4.79 Å². The van der Waals surface area contributed by atoms with Crippen molar-refractivity contribution >= 4 is 41.1 Å². The van der Waals surface area contributed by atoms with Gasteiger partial charge in [-0.2, -0.15) is 5.26 Å². The van der Waals surface area contributed by atoms with E-state index in [-0.39, 0.29) is 6.04 Å². The van der Waals surface area contributed by atoms with Crippen LogP contribution in [0.15, 0.2) is 34.7 Å². The highest BCUT2D eigenvalue weighted by Crippen LogP contribution is 2.38.